The van der Waals surface area contributed by atoms with E-state index in [4.69, 9.17) is 16.3 Å². The van der Waals surface area contributed by atoms with Crippen molar-refractivity contribution in [3.63, 3.8) is 0 Å². The van der Waals surface area contributed by atoms with Crippen molar-refractivity contribution in [2.75, 3.05) is 7.05 Å². The average molecular weight is 252 g/mol. The summed E-state index contributed by atoms with van der Waals surface area (Å²) < 4.78 is 6.23. The summed E-state index contributed by atoms with van der Waals surface area (Å²) in [6, 6.07) is 6.28. The van der Waals surface area contributed by atoms with Gasteiger partial charge in [0.15, 0.2) is 0 Å². The smallest absolute Gasteiger partial charge is 0.125 e. The number of rotatable bonds is 2. The summed E-state index contributed by atoms with van der Waals surface area (Å²) in [6.07, 6.45) is 3.63. The van der Waals surface area contributed by atoms with Crippen molar-refractivity contribution < 1.29 is 4.74 Å². The summed E-state index contributed by atoms with van der Waals surface area (Å²) in [5.41, 5.74) is 1.19. The molecule has 92 valence electrons. The van der Waals surface area contributed by atoms with E-state index < -0.39 is 0 Å². The van der Waals surface area contributed by atoms with Crippen molar-refractivity contribution in [3.05, 3.63) is 28.8 Å². The number of benzene rings is 1. The van der Waals surface area contributed by atoms with E-state index in [0.29, 0.717) is 6.04 Å². The van der Waals surface area contributed by atoms with Crippen LogP contribution < -0.4 is 10.1 Å². The molecule has 0 saturated heterocycles. The SMILES string of the molecule is CNC1CC(C)(C2CC2)Oc2ccc(Cl)cc21. The molecule has 1 N–H and O–H groups in total. The van der Waals surface area contributed by atoms with Crippen LogP contribution >= 0.6 is 11.6 Å². The normalized spacial score (nSPS) is 31.8. The van der Waals surface area contributed by atoms with Crippen molar-refractivity contribution >= 4 is 11.6 Å². The lowest BCUT2D eigenvalue weighted by Crippen LogP contribution is -2.42. The molecule has 0 bridgehead atoms. The molecule has 2 atom stereocenters. The first-order valence-electron chi connectivity index (χ1n) is 6.28. The topological polar surface area (TPSA) is 21.3 Å². The number of ether oxygens (including phenoxy) is 1. The molecule has 3 rings (SSSR count). The maximum absolute atomic E-state index is 6.23. The lowest BCUT2D eigenvalue weighted by molar-refractivity contribution is 0.0280. The number of halogens is 1. The minimum absolute atomic E-state index is 0.00545. The zero-order valence-corrected chi connectivity index (χ0v) is 11.1. The zero-order chi connectivity index (χ0) is 12.0. The van der Waals surface area contributed by atoms with E-state index in [9.17, 15) is 0 Å². The van der Waals surface area contributed by atoms with E-state index in [1.165, 1.54) is 18.4 Å². The first-order chi connectivity index (χ1) is 8.12. The summed E-state index contributed by atoms with van der Waals surface area (Å²) in [4.78, 5) is 0. The Morgan fingerprint density at radius 1 is 1.41 bits per heavy atom. The third kappa shape index (κ3) is 1.94. The van der Waals surface area contributed by atoms with Crippen LogP contribution in [0.4, 0.5) is 0 Å². The number of nitrogens with one attached hydrogen (secondary N) is 1. The Bertz CT molecular complexity index is 444. The molecule has 1 aliphatic heterocycles. The summed E-state index contributed by atoms with van der Waals surface area (Å²) in [5.74, 6) is 1.72. The molecule has 2 aliphatic rings. The molecule has 0 spiro atoms. The van der Waals surface area contributed by atoms with E-state index in [-0.39, 0.29) is 5.60 Å². The van der Waals surface area contributed by atoms with Crippen molar-refractivity contribution in [1.29, 1.82) is 0 Å². The minimum atomic E-state index is -0.00545. The molecule has 3 heteroatoms. The van der Waals surface area contributed by atoms with Gasteiger partial charge in [0.05, 0.1) is 0 Å². The largest absolute Gasteiger partial charge is 0.487 e. The van der Waals surface area contributed by atoms with Crippen LogP contribution in [-0.4, -0.2) is 12.6 Å². The van der Waals surface area contributed by atoms with Gasteiger partial charge in [-0.1, -0.05) is 11.6 Å². The van der Waals surface area contributed by atoms with Gasteiger partial charge in [-0.25, -0.2) is 0 Å². The third-order valence-electron chi connectivity index (χ3n) is 4.09. The Labute approximate surface area is 107 Å². The second-order valence-corrected chi connectivity index (χ2v) is 5.85. The first-order valence-corrected chi connectivity index (χ1v) is 6.66. The monoisotopic (exact) mass is 251 g/mol. The molecule has 1 aliphatic carbocycles. The van der Waals surface area contributed by atoms with Gasteiger partial charge in [0.2, 0.25) is 0 Å². The van der Waals surface area contributed by atoms with E-state index in [1.807, 2.05) is 25.2 Å². The van der Waals surface area contributed by atoms with Crippen LogP contribution in [0.25, 0.3) is 0 Å². The Hall–Kier alpha value is -0.730. The van der Waals surface area contributed by atoms with Gasteiger partial charge in [0.1, 0.15) is 11.4 Å². The van der Waals surface area contributed by atoms with Crippen LogP contribution in [0, 0.1) is 5.92 Å². The predicted molar refractivity (Wildman–Crippen MR) is 69.6 cm³/mol. The van der Waals surface area contributed by atoms with Crippen LogP contribution in [0.1, 0.15) is 37.8 Å². The molecule has 0 amide bonds. The highest BCUT2D eigenvalue weighted by molar-refractivity contribution is 6.30. The molecule has 1 heterocycles. The Morgan fingerprint density at radius 2 is 2.18 bits per heavy atom. The Balaban J connectivity index is 1.99. The van der Waals surface area contributed by atoms with Crippen LogP contribution in [0.15, 0.2) is 18.2 Å². The zero-order valence-electron chi connectivity index (χ0n) is 10.3. The molecule has 0 radical (unpaired) electrons. The predicted octanol–water partition coefficient (Wildman–Crippen LogP) is 3.55. The second kappa shape index (κ2) is 3.89. The lowest BCUT2D eigenvalue weighted by atomic mass is 9.85. The Morgan fingerprint density at radius 3 is 2.82 bits per heavy atom. The number of fused-ring (bicyclic) bond motifs is 1. The third-order valence-corrected chi connectivity index (χ3v) is 4.32. The fourth-order valence-corrected chi connectivity index (χ4v) is 3.07. The standard InChI is InChI=1S/C14H18ClNO/c1-14(9-3-4-9)8-12(16-2)11-7-10(15)5-6-13(11)17-14/h5-7,9,12,16H,3-4,8H2,1-2H3. The summed E-state index contributed by atoms with van der Waals surface area (Å²) >= 11 is 6.06. The maximum Gasteiger partial charge on any atom is 0.125 e. The van der Waals surface area contributed by atoms with Gasteiger partial charge < -0.3 is 10.1 Å². The van der Waals surface area contributed by atoms with E-state index in [0.717, 1.165) is 23.1 Å². The minimum Gasteiger partial charge on any atom is -0.487 e. The van der Waals surface area contributed by atoms with Gasteiger partial charge >= 0.3 is 0 Å². The quantitative estimate of drug-likeness (QED) is 0.868. The van der Waals surface area contributed by atoms with Gasteiger partial charge in [-0.05, 0) is 50.9 Å². The van der Waals surface area contributed by atoms with Crippen LogP contribution in [0.5, 0.6) is 5.75 Å². The molecule has 1 fully saturated rings. The molecule has 1 saturated carbocycles. The number of hydrogen-bond donors (Lipinski definition) is 1. The lowest BCUT2D eigenvalue weighted by Gasteiger charge is -2.40. The fourth-order valence-electron chi connectivity index (χ4n) is 2.89. The highest BCUT2D eigenvalue weighted by atomic mass is 35.5. The molecule has 2 nitrogen and oxygen atoms in total. The van der Waals surface area contributed by atoms with Gasteiger partial charge in [-0.3, -0.25) is 0 Å². The van der Waals surface area contributed by atoms with Crippen molar-refractivity contribution in [2.24, 2.45) is 5.92 Å². The maximum atomic E-state index is 6.23. The summed E-state index contributed by atoms with van der Waals surface area (Å²) in [5, 5.41) is 4.17. The Kier molecular flexibility index (Phi) is 2.60. The molecular formula is C14H18ClNO. The molecule has 1 aromatic carbocycles. The fraction of sp³-hybridized carbons (Fsp3) is 0.571. The van der Waals surface area contributed by atoms with Gasteiger partial charge in [-0.15, -0.1) is 0 Å². The van der Waals surface area contributed by atoms with E-state index in [1.54, 1.807) is 0 Å². The van der Waals surface area contributed by atoms with Crippen LogP contribution in [0.2, 0.25) is 5.02 Å². The highest BCUT2D eigenvalue weighted by Gasteiger charge is 2.47. The summed E-state index contributed by atoms with van der Waals surface area (Å²) in [6.45, 7) is 2.24. The highest BCUT2D eigenvalue weighted by Crippen LogP contribution is 2.50. The molecule has 0 aromatic heterocycles. The van der Waals surface area contributed by atoms with Gasteiger partial charge in [0, 0.05) is 23.0 Å². The molecule has 2 unspecified atom stereocenters. The van der Waals surface area contributed by atoms with Crippen molar-refractivity contribution in [3.8, 4) is 5.75 Å². The molecule has 1 aromatic rings. The average Bonchev–Trinajstić information content (AvgIpc) is 3.13. The van der Waals surface area contributed by atoms with Crippen LogP contribution in [0.3, 0.4) is 0 Å². The molecular weight excluding hydrogens is 234 g/mol. The second-order valence-electron chi connectivity index (χ2n) is 5.42. The van der Waals surface area contributed by atoms with Gasteiger partial charge in [0.25, 0.3) is 0 Å². The van der Waals surface area contributed by atoms with Crippen LogP contribution in [-0.2, 0) is 0 Å². The first kappa shape index (κ1) is 11.4. The summed E-state index contributed by atoms with van der Waals surface area (Å²) in [7, 11) is 2.01. The van der Waals surface area contributed by atoms with E-state index >= 15 is 0 Å². The molecule has 17 heavy (non-hydrogen) atoms. The van der Waals surface area contributed by atoms with E-state index in [2.05, 4.69) is 12.2 Å². The number of hydrogen-bond acceptors (Lipinski definition) is 2. The van der Waals surface area contributed by atoms with Crippen molar-refractivity contribution in [2.45, 2.75) is 37.8 Å². The van der Waals surface area contributed by atoms with Crippen molar-refractivity contribution in [1.82, 2.24) is 5.32 Å². The van der Waals surface area contributed by atoms with Gasteiger partial charge in [-0.2, -0.15) is 0 Å².